The number of hydrazine groups is 1. The van der Waals surface area contributed by atoms with Gasteiger partial charge in [0.2, 0.25) is 65.0 Å². The number of phenolic OH excluding ortho intramolecular Hbond substituents is 1. The molecular weight excluding hydrogens is 1490 g/mol. The van der Waals surface area contributed by atoms with Gasteiger partial charge in [0.1, 0.15) is 66.2 Å². The van der Waals surface area contributed by atoms with Crippen molar-refractivity contribution >= 4 is 99.3 Å². The molecule has 0 bridgehead atoms. The number of pyridine rings is 2. The Kier molecular flexibility index (Phi) is 35.5. The predicted molar refractivity (Wildman–Crippen MR) is 425 cm³/mol. The maximum Gasteiger partial charge on any atom is 0.333 e. The van der Waals surface area contributed by atoms with Crippen molar-refractivity contribution in [2.45, 2.75) is 191 Å². The Balaban J connectivity index is 1.16. The first-order valence-corrected chi connectivity index (χ1v) is 38.6. The minimum Gasteiger partial charge on any atom is -0.508 e. The van der Waals surface area contributed by atoms with E-state index in [0.29, 0.717) is 53.1 Å². The lowest BCUT2D eigenvalue weighted by Crippen LogP contribution is -2.62. The number of likely N-dealkylation sites (tertiary alicyclic amines) is 1. The van der Waals surface area contributed by atoms with E-state index in [1.54, 1.807) is 50.2 Å². The summed E-state index contributed by atoms with van der Waals surface area (Å²) < 4.78 is 0. The van der Waals surface area contributed by atoms with E-state index < -0.39 is 144 Å². The molecule has 14 amide bonds. The Morgan fingerprint density at radius 1 is 0.561 bits per heavy atom. The van der Waals surface area contributed by atoms with Crippen LogP contribution in [0.15, 0.2) is 140 Å². The monoisotopic (exact) mass is 1590 g/mol. The van der Waals surface area contributed by atoms with Crippen LogP contribution in [0.5, 0.6) is 5.75 Å². The first-order chi connectivity index (χ1) is 54.5. The van der Waals surface area contributed by atoms with Gasteiger partial charge >= 0.3 is 6.03 Å². The summed E-state index contributed by atoms with van der Waals surface area (Å²) in [5.74, 6) is -9.84. The number of carbonyl (C=O) groups is 13. The van der Waals surface area contributed by atoms with Crippen molar-refractivity contribution in [1.82, 2.24) is 83.8 Å². The molecule has 114 heavy (non-hydrogen) atoms. The van der Waals surface area contributed by atoms with Crippen LogP contribution in [0.25, 0.3) is 10.8 Å². The molecule has 4 aromatic carbocycles. The van der Waals surface area contributed by atoms with Crippen molar-refractivity contribution in [3.05, 3.63) is 173 Å². The molecule has 7 rings (SSSR count). The number of primary amides is 1. The number of amides is 14. The van der Waals surface area contributed by atoms with Crippen molar-refractivity contribution in [3.63, 3.8) is 0 Å². The number of fused-ring (bicyclic) bond motifs is 1. The minimum atomic E-state index is -1.85. The number of hydrogen-bond donors (Lipinski definition) is 15. The lowest BCUT2D eigenvalue weighted by molar-refractivity contribution is -0.144. The third-order valence-corrected chi connectivity index (χ3v) is 19.4. The average molecular weight is 1590 g/mol. The van der Waals surface area contributed by atoms with Gasteiger partial charge in [-0.2, -0.15) is 0 Å². The summed E-state index contributed by atoms with van der Waals surface area (Å²) in [6, 6.07) is 17.2. The minimum absolute atomic E-state index is 0.00352. The molecule has 2 aromatic heterocycles. The summed E-state index contributed by atoms with van der Waals surface area (Å²) in [5.41, 5.74) is 12.2. The van der Waals surface area contributed by atoms with Crippen LogP contribution in [0, 0.1) is 5.92 Å². The number of aliphatic hydroxyl groups is 1. The zero-order valence-corrected chi connectivity index (χ0v) is 65.9. The number of aromatic hydroxyl groups is 1. The van der Waals surface area contributed by atoms with Crippen molar-refractivity contribution in [3.8, 4) is 5.75 Å². The number of nitrogens with one attached hydrogen (secondary N) is 12. The summed E-state index contributed by atoms with van der Waals surface area (Å²) in [7, 11) is 1.22. The second-order valence-electron chi connectivity index (χ2n) is 29.0. The van der Waals surface area contributed by atoms with E-state index in [2.05, 4.69) is 74.0 Å². The molecule has 612 valence electrons. The number of likely N-dealkylation sites (N-methyl/N-ethyl adjacent to an activating group) is 1. The molecule has 3 heterocycles. The number of nitrogens with two attached hydrogens (primary N) is 1. The number of nitrogens with zero attached hydrogens (tertiary/aromatic N) is 4. The zero-order chi connectivity index (χ0) is 83.0. The number of unbranched alkanes of at least 4 members (excludes halogenated alkanes) is 2. The van der Waals surface area contributed by atoms with Gasteiger partial charge in [0.25, 0.3) is 5.91 Å². The van der Waals surface area contributed by atoms with Crippen LogP contribution in [-0.4, -0.2) is 207 Å². The molecule has 1 aliphatic heterocycles. The summed E-state index contributed by atoms with van der Waals surface area (Å²) in [6.07, 6.45) is 6.94. The highest BCUT2D eigenvalue weighted by atomic mass is 35.5. The SMILES string of the molecule is CC(=O)NC(Cc1ccc2ccccc2c1)C(=O)NC(Cc1ccc(Cl)cc1)C(=O)NC(Cc1cccnc1)C(=O)NC(CO)C(=O)N(C)C(Cc1ccc(O)cc1)C(=O)NC(CCCCNC(=O)NNC(=O)c1cccnc1)C(=O)NC(CC(C)C)C(=O)NC(CCCCNC(C)C)C(=O)N1CCCC1C(=O)NC(C)C(N)=O. The fourth-order valence-corrected chi connectivity index (χ4v) is 13.1. The lowest BCUT2D eigenvalue weighted by Gasteiger charge is -2.33. The molecule has 1 aliphatic rings. The maximum atomic E-state index is 15.4. The van der Waals surface area contributed by atoms with Gasteiger partial charge in [-0.15, -0.1) is 0 Å². The van der Waals surface area contributed by atoms with Gasteiger partial charge in [0.15, 0.2) is 0 Å². The molecule has 0 saturated carbocycles. The van der Waals surface area contributed by atoms with E-state index in [1.807, 2.05) is 56.3 Å². The predicted octanol–water partition coefficient (Wildman–Crippen LogP) is 2.50. The van der Waals surface area contributed by atoms with Crippen LogP contribution in [-0.2, 0) is 78.4 Å². The topological polar surface area (TPSA) is 465 Å². The average Bonchev–Trinajstić information content (AvgIpc) is 1.39. The van der Waals surface area contributed by atoms with E-state index in [9.17, 15) is 58.2 Å². The van der Waals surface area contributed by atoms with Gasteiger partial charge in [0.05, 0.1) is 12.2 Å². The van der Waals surface area contributed by atoms with Crippen LogP contribution in [0.1, 0.15) is 132 Å². The molecule has 10 unspecified atom stereocenters. The summed E-state index contributed by atoms with van der Waals surface area (Å²) in [4.78, 5) is 194. The van der Waals surface area contributed by atoms with Gasteiger partial charge < -0.3 is 78.9 Å². The largest absolute Gasteiger partial charge is 0.508 e. The van der Waals surface area contributed by atoms with E-state index in [0.717, 1.165) is 15.7 Å². The third-order valence-electron chi connectivity index (χ3n) is 19.1. The highest BCUT2D eigenvalue weighted by molar-refractivity contribution is 6.30. The van der Waals surface area contributed by atoms with Gasteiger partial charge in [-0.25, -0.2) is 10.2 Å². The van der Waals surface area contributed by atoms with Gasteiger partial charge in [0, 0.05) is 88.6 Å². The summed E-state index contributed by atoms with van der Waals surface area (Å²) >= 11 is 6.27. The fraction of sp³-hybridized carbons (Fsp3) is 0.444. The molecule has 1 saturated heterocycles. The molecule has 0 aliphatic carbocycles. The number of aliphatic hydroxyl groups excluding tert-OH is 1. The first kappa shape index (κ1) is 89.6. The molecule has 33 heteroatoms. The molecule has 0 spiro atoms. The smallest absolute Gasteiger partial charge is 0.333 e. The lowest BCUT2D eigenvalue weighted by atomic mass is 9.99. The second-order valence-corrected chi connectivity index (χ2v) is 29.5. The molecule has 10 atom stereocenters. The first-order valence-electron chi connectivity index (χ1n) is 38.2. The Morgan fingerprint density at radius 3 is 1.72 bits per heavy atom. The number of rotatable bonds is 42. The van der Waals surface area contributed by atoms with Crippen molar-refractivity contribution < 1.29 is 72.5 Å². The van der Waals surface area contributed by atoms with E-state index in [1.165, 1.54) is 87.0 Å². The van der Waals surface area contributed by atoms with Crippen molar-refractivity contribution in [2.75, 3.05) is 33.3 Å². The van der Waals surface area contributed by atoms with Crippen LogP contribution >= 0.6 is 11.6 Å². The number of urea groups is 1. The number of benzene rings is 4. The van der Waals surface area contributed by atoms with E-state index >= 15 is 14.4 Å². The Labute approximate surface area is 667 Å². The van der Waals surface area contributed by atoms with Gasteiger partial charge in [-0.05, 0) is 153 Å². The van der Waals surface area contributed by atoms with Crippen LogP contribution in [0.4, 0.5) is 4.79 Å². The fourth-order valence-electron chi connectivity index (χ4n) is 12.9. The number of phenols is 1. The van der Waals surface area contributed by atoms with Gasteiger partial charge in [-0.3, -0.25) is 72.9 Å². The van der Waals surface area contributed by atoms with Crippen LogP contribution in [0.3, 0.4) is 0 Å². The van der Waals surface area contributed by atoms with E-state index in [4.69, 9.17) is 17.3 Å². The number of hydrogen-bond acceptors (Lipinski definition) is 18. The zero-order valence-electron chi connectivity index (χ0n) is 65.2. The quantitative estimate of drug-likeness (QED) is 0.0193. The number of carbonyl (C=O) groups excluding carboxylic acids is 13. The highest BCUT2D eigenvalue weighted by Gasteiger charge is 2.41. The van der Waals surface area contributed by atoms with Crippen LogP contribution in [0.2, 0.25) is 5.02 Å². The Morgan fingerprint density at radius 2 is 1.11 bits per heavy atom. The summed E-state index contributed by atoms with van der Waals surface area (Å²) in [5, 5.41) is 51.5. The molecule has 6 aromatic rings. The Hall–Kier alpha value is -11.6. The molecular formula is C81H106ClN17O15. The standard InChI is InChI=1S/C81H106ClN17O15/c1-48(2)39-63(73(106)91-62(22-11-12-36-86-49(3)4)80(113)99-38-16-23-68(99)77(110)88-50(5)70(83)103)92-72(105)61(21-10-13-37-87-81(114)97-96-71(104)58-20-15-35-85-46-58)90-78(111)69(44-53-27-32-60(102)33-28-53)98(7)79(112)67(47-100)95-76(109)66(43-55-17-14-34-84-45-55)94-75(108)65(41-52-25-30-59(82)31-26-52)93-74(107)64(89-51(6)101)42-54-24-29-56-18-8-9-19-57(56)40-54/h8-9,14-15,17-20,24-35,40,45-46,48-50,61-69,86,100,102H,10-13,16,21-23,36-39,41-44,47H2,1-7H3,(H2,83,103)(H,88,110)(H,89,101)(H,90,111)(H,91,106)(H,92,105)(H,93,107)(H,94,108)(H,95,109)(H,96,104)(H2,87,97,114). The molecule has 0 radical (unpaired) electrons. The van der Waals surface area contributed by atoms with Crippen LogP contribution < -0.4 is 69.8 Å². The van der Waals surface area contributed by atoms with Crippen molar-refractivity contribution in [1.29, 1.82) is 0 Å². The number of halogens is 1. The summed E-state index contributed by atoms with van der Waals surface area (Å²) in [6.45, 7) is 9.87. The maximum absolute atomic E-state index is 15.4. The Bertz CT molecular complexity index is 4260. The van der Waals surface area contributed by atoms with Gasteiger partial charge in [-0.1, -0.05) is 112 Å². The number of aromatic nitrogens is 2. The van der Waals surface area contributed by atoms with E-state index in [-0.39, 0.29) is 101 Å². The molecule has 32 nitrogen and oxygen atoms in total. The molecule has 16 N–H and O–H groups in total. The highest BCUT2D eigenvalue weighted by Crippen LogP contribution is 2.23. The third kappa shape index (κ3) is 28.8. The molecule has 1 fully saturated rings. The van der Waals surface area contributed by atoms with Crippen molar-refractivity contribution in [2.24, 2.45) is 11.7 Å². The normalized spacial score (nSPS) is 14.9. The second kappa shape index (κ2) is 45.2.